The molecule has 0 N–H and O–H groups in total. The maximum Gasteiger partial charge on any atom is -0.0228 e. The summed E-state index contributed by atoms with van der Waals surface area (Å²) in [5.74, 6) is 0.952. The van der Waals surface area contributed by atoms with Gasteiger partial charge in [0, 0.05) is 0 Å². The van der Waals surface area contributed by atoms with E-state index in [0.717, 1.165) is 5.92 Å². The molecule has 0 heterocycles. The first kappa shape index (κ1) is 15.4. The number of allylic oxidation sites excluding steroid dienone is 2. The zero-order chi connectivity index (χ0) is 14.0. The van der Waals surface area contributed by atoms with Gasteiger partial charge < -0.3 is 0 Å². The molecule has 0 radical (unpaired) electrons. The van der Waals surface area contributed by atoms with E-state index in [9.17, 15) is 0 Å². The van der Waals surface area contributed by atoms with Crippen LogP contribution in [0.3, 0.4) is 0 Å². The standard InChI is InChI=1S/C20H30/c1-2-3-4-5-6-8-11-18-14-16-20(17-15-18)19-12-9-7-10-13-19/h7,9-10,12-13,16,18H,2-6,8,11,14-15,17H2,1H3. The first-order valence-corrected chi connectivity index (χ1v) is 8.64. The van der Waals surface area contributed by atoms with Crippen LogP contribution in [0.1, 0.15) is 76.7 Å². The average Bonchev–Trinajstić information content (AvgIpc) is 2.52. The van der Waals surface area contributed by atoms with Gasteiger partial charge in [0.05, 0.1) is 0 Å². The van der Waals surface area contributed by atoms with Gasteiger partial charge >= 0.3 is 0 Å². The monoisotopic (exact) mass is 270 g/mol. The SMILES string of the molecule is CCCCCCCCC1CC=C(c2ccccc2)CC1. The van der Waals surface area contributed by atoms with Crippen LogP contribution in [0, 0.1) is 5.92 Å². The molecule has 0 amide bonds. The second-order valence-corrected chi connectivity index (χ2v) is 6.29. The van der Waals surface area contributed by atoms with Crippen LogP contribution in [-0.4, -0.2) is 0 Å². The predicted molar refractivity (Wildman–Crippen MR) is 89.8 cm³/mol. The van der Waals surface area contributed by atoms with Crippen molar-refractivity contribution in [1.82, 2.24) is 0 Å². The lowest BCUT2D eigenvalue weighted by Gasteiger charge is -2.22. The van der Waals surface area contributed by atoms with Crippen LogP contribution in [0.2, 0.25) is 0 Å². The van der Waals surface area contributed by atoms with E-state index in [1.165, 1.54) is 69.8 Å². The normalized spacial score (nSPS) is 18.9. The fraction of sp³-hybridized carbons (Fsp3) is 0.600. The van der Waals surface area contributed by atoms with Gasteiger partial charge in [0.1, 0.15) is 0 Å². The second-order valence-electron chi connectivity index (χ2n) is 6.29. The topological polar surface area (TPSA) is 0 Å². The molecular formula is C20H30. The van der Waals surface area contributed by atoms with Crippen molar-refractivity contribution in [2.24, 2.45) is 5.92 Å². The highest BCUT2D eigenvalue weighted by atomic mass is 14.2. The first-order chi connectivity index (χ1) is 9.90. The molecule has 0 bridgehead atoms. The van der Waals surface area contributed by atoms with Crippen LogP contribution < -0.4 is 0 Å². The van der Waals surface area contributed by atoms with Crippen molar-refractivity contribution < 1.29 is 0 Å². The van der Waals surface area contributed by atoms with E-state index in [-0.39, 0.29) is 0 Å². The minimum absolute atomic E-state index is 0.952. The van der Waals surface area contributed by atoms with Crippen LogP contribution in [0.25, 0.3) is 5.57 Å². The van der Waals surface area contributed by atoms with Gasteiger partial charge in [-0.3, -0.25) is 0 Å². The lowest BCUT2D eigenvalue weighted by molar-refractivity contribution is 0.423. The molecule has 1 atom stereocenters. The smallest absolute Gasteiger partial charge is 0.0228 e. The number of hydrogen-bond acceptors (Lipinski definition) is 0. The Kier molecular flexibility index (Phi) is 6.91. The third kappa shape index (κ3) is 5.15. The molecule has 1 aromatic carbocycles. The summed E-state index contributed by atoms with van der Waals surface area (Å²) in [6, 6.07) is 10.9. The number of hydrogen-bond donors (Lipinski definition) is 0. The quantitative estimate of drug-likeness (QED) is 0.465. The van der Waals surface area contributed by atoms with Crippen LogP contribution in [0.5, 0.6) is 0 Å². The summed E-state index contributed by atoms with van der Waals surface area (Å²) < 4.78 is 0. The largest absolute Gasteiger partial charge is 0.0804 e. The molecule has 0 aliphatic heterocycles. The Bertz CT molecular complexity index is 388. The van der Waals surface area contributed by atoms with Crippen molar-refractivity contribution >= 4 is 5.57 Å². The second kappa shape index (κ2) is 9.00. The number of rotatable bonds is 8. The van der Waals surface area contributed by atoms with Crippen molar-refractivity contribution in [3.63, 3.8) is 0 Å². The molecule has 20 heavy (non-hydrogen) atoms. The summed E-state index contributed by atoms with van der Waals surface area (Å²) >= 11 is 0. The highest BCUT2D eigenvalue weighted by molar-refractivity contribution is 5.66. The molecule has 0 nitrogen and oxygen atoms in total. The molecular weight excluding hydrogens is 240 g/mol. The maximum atomic E-state index is 2.50. The fourth-order valence-corrected chi connectivity index (χ4v) is 3.28. The molecule has 1 aliphatic carbocycles. The van der Waals surface area contributed by atoms with E-state index in [4.69, 9.17) is 0 Å². The van der Waals surface area contributed by atoms with E-state index in [1.807, 2.05) is 0 Å². The van der Waals surface area contributed by atoms with Crippen molar-refractivity contribution in [3.8, 4) is 0 Å². The van der Waals surface area contributed by atoms with Crippen molar-refractivity contribution in [2.75, 3.05) is 0 Å². The molecule has 1 aromatic rings. The average molecular weight is 270 g/mol. The Balaban J connectivity index is 1.65. The third-order valence-electron chi connectivity index (χ3n) is 4.63. The highest BCUT2D eigenvalue weighted by Gasteiger charge is 2.14. The Hall–Kier alpha value is -1.04. The lowest BCUT2D eigenvalue weighted by atomic mass is 9.84. The molecule has 0 saturated carbocycles. The zero-order valence-electron chi connectivity index (χ0n) is 13.1. The summed E-state index contributed by atoms with van der Waals surface area (Å²) in [5.41, 5.74) is 3.01. The minimum atomic E-state index is 0.952. The molecule has 110 valence electrons. The molecule has 0 heteroatoms. The van der Waals surface area contributed by atoms with Gasteiger partial charge in [0.2, 0.25) is 0 Å². The van der Waals surface area contributed by atoms with Gasteiger partial charge in [-0.05, 0) is 36.3 Å². The van der Waals surface area contributed by atoms with E-state index in [0.29, 0.717) is 0 Å². The Morgan fingerprint density at radius 3 is 2.40 bits per heavy atom. The van der Waals surface area contributed by atoms with E-state index < -0.39 is 0 Å². The molecule has 1 unspecified atom stereocenters. The summed E-state index contributed by atoms with van der Waals surface area (Å²) in [4.78, 5) is 0. The van der Waals surface area contributed by atoms with Gasteiger partial charge in [-0.15, -0.1) is 0 Å². The summed E-state index contributed by atoms with van der Waals surface area (Å²) in [7, 11) is 0. The van der Waals surface area contributed by atoms with Crippen molar-refractivity contribution in [2.45, 2.75) is 71.1 Å². The zero-order valence-corrected chi connectivity index (χ0v) is 13.1. The van der Waals surface area contributed by atoms with Gasteiger partial charge in [-0.25, -0.2) is 0 Å². The molecule has 0 aromatic heterocycles. The van der Waals surface area contributed by atoms with E-state index >= 15 is 0 Å². The van der Waals surface area contributed by atoms with Crippen molar-refractivity contribution in [3.05, 3.63) is 42.0 Å². The molecule has 0 saturated heterocycles. The Morgan fingerprint density at radius 2 is 1.70 bits per heavy atom. The molecule has 1 aliphatic rings. The van der Waals surface area contributed by atoms with Gasteiger partial charge in [-0.1, -0.05) is 88.3 Å². The molecule has 0 fully saturated rings. The first-order valence-electron chi connectivity index (χ1n) is 8.64. The lowest BCUT2D eigenvalue weighted by Crippen LogP contribution is -2.05. The summed E-state index contributed by atoms with van der Waals surface area (Å²) in [5, 5.41) is 0. The summed E-state index contributed by atoms with van der Waals surface area (Å²) in [6.07, 6.45) is 16.5. The fourth-order valence-electron chi connectivity index (χ4n) is 3.28. The number of benzene rings is 1. The third-order valence-corrected chi connectivity index (χ3v) is 4.63. The van der Waals surface area contributed by atoms with Crippen LogP contribution in [-0.2, 0) is 0 Å². The highest BCUT2D eigenvalue weighted by Crippen LogP contribution is 2.32. The Morgan fingerprint density at radius 1 is 0.950 bits per heavy atom. The van der Waals surface area contributed by atoms with Crippen LogP contribution in [0.15, 0.2) is 36.4 Å². The van der Waals surface area contributed by atoms with E-state index in [2.05, 4.69) is 43.3 Å². The maximum absolute atomic E-state index is 2.50. The van der Waals surface area contributed by atoms with Gasteiger partial charge in [0.15, 0.2) is 0 Å². The van der Waals surface area contributed by atoms with Crippen molar-refractivity contribution in [1.29, 1.82) is 0 Å². The van der Waals surface area contributed by atoms with Gasteiger partial charge in [-0.2, -0.15) is 0 Å². The van der Waals surface area contributed by atoms with Crippen LogP contribution >= 0.6 is 0 Å². The van der Waals surface area contributed by atoms with Crippen LogP contribution in [0.4, 0.5) is 0 Å². The van der Waals surface area contributed by atoms with E-state index in [1.54, 1.807) is 5.57 Å². The van der Waals surface area contributed by atoms with Gasteiger partial charge in [0.25, 0.3) is 0 Å². The number of unbranched alkanes of at least 4 members (excludes halogenated alkanes) is 5. The Labute approximate surface area is 125 Å². The molecule has 2 rings (SSSR count). The molecule has 0 spiro atoms. The minimum Gasteiger partial charge on any atom is -0.0804 e. The predicted octanol–water partition coefficient (Wildman–Crippen LogP) is 6.62. The summed E-state index contributed by atoms with van der Waals surface area (Å²) in [6.45, 7) is 2.29.